The number of nitrogens with zero attached hydrogens (tertiary/aromatic N) is 4. The van der Waals surface area contributed by atoms with Gasteiger partial charge in [0.15, 0.2) is 0 Å². The standard InChI is InChI=1S/C22H30ClN5O2/c23-18-5-7-20(8-6-18)30-16-15-26-11-13-27(14-12-26)17-22(29)25-21-9-10-24-28(21)19-3-1-2-4-19/h5-10,19H,1-4,11-17H2,(H,25,29). The Kier molecular flexibility index (Phi) is 7.25. The van der Waals surface area contributed by atoms with Crippen LogP contribution in [0.15, 0.2) is 36.5 Å². The van der Waals surface area contributed by atoms with Gasteiger partial charge in [0.1, 0.15) is 18.2 Å². The summed E-state index contributed by atoms with van der Waals surface area (Å²) in [6.07, 6.45) is 6.56. The van der Waals surface area contributed by atoms with E-state index < -0.39 is 0 Å². The fourth-order valence-corrected chi connectivity index (χ4v) is 4.36. The van der Waals surface area contributed by atoms with Gasteiger partial charge in [-0.3, -0.25) is 14.6 Å². The molecule has 1 saturated heterocycles. The third-order valence-corrected chi connectivity index (χ3v) is 6.18. The number of amides is 1. The quantitative estimate of drug-likeness (QED) is 0.694. The van der Waals surface area contributed by atoms with Gasteiger partial charge in [-0.05, 0) is 37.1 Å². The second-order valence-electron chi connectivity index (χ2n) is 8.07. The molecule has 2 heterocycles. The van der Waals surface area contributed by atoms with Crippen molar-refractivity contribution in [2.75, 3.05) is 51.2 Å². The normalized spacial score (nSPS) is 18.6. The molecule has 30 heavy (non-hydrogen) atoms. The smallest absolute Gasteiger partial charge is 0.239 e. The van der Waals surface area contributed by atoms with Crippen LogP contribution in [0.2, 0.25) is 5.02 Å². The molecule has 2 fully saturated rings. The largest absolute Gasteiger partial charge is 0.492 e. The van der Waals surface area contributed by atoms with E-state index in [1.807, 2.05) is 35.0 Å². The predicted molar refractivity (Wildman–Crippen MR) is 118 cm³/mol. The molecular formula is C22H30ClN5O2. The molecule has 8 heteroatoms. The summed E-state index contributed by atoms with van der Waals surface area (Å²) >= 11 is 5.89. The predicted octanol–water partition coefficient (Wildman–Crippen LogP) is 3.29. The number of aromatic nitrogens is 2. The SMILES string of the molecule is O=C(CN1CCN(CCOc2ccc(Cl)cc2)CC1)Nc1ccnn1C1CCCC1. The maximum atomic E-state index is 12.5. The van der Waals surface area contributed by atoms with Crippen LogP contribution in [0, 0.1) is 0 Å². The molecule has 1 aromatic carbocycles. The molecule has 1 aliphatic heterocycles. The first-order valence-corrected chi connectivity index (χ1v) is 11.2. The van der Waals surface area contributed by atoms with Gasteiger partial charge in [0.25, 0.3) is 0 Å². The first kappa shape index (κ1) is 21.2. The number of rotatable bonds is 8. The van der Waals surface area contributed by atoms with Crippen LogP contribution in [0.3, 0.4) is 0 Å². The topological polar surface area (TPSA) is 62.6 Å². The molecule has 1 N–H and O–H groups in total. The minimum Gasteiger partial charge on any atom is -0.492 e. The van der Waals surface area contributed by atoms with Gasteiger partial charge < -0.3 is 10.1 Å². The number of hydrogen-bond acceptors (Lipinski definition) is 5. The van der Waals surface area contributed by atoms with Crippen LogP contribution in [-0.2, 0) is 4.79 Å². The minimum atomic E-state index is 0.0364. The Labute approximate surface area is 182 Å². The summed E-state index contributed by atoms with van der Waals surface area (Å²) in [6, 6.07) is 9.77. The van der Waals surface area contributed by atoms with E-state index in [9.17, 15) is 4.79 Å². The monoisotopic (exact) mass is 431 g/mol. The molecule has 0 atom stereocenters. The van der Waals surface area contributed by atoms with Crippen molar-refractivity contribution in [2.45, 2.75) is 31.7 Å². The molecule has 1 saturated carbocycles. The first-order chi connectivity index (χ1) is 14.7. The molecule has 162 valence electrons. The van der Waals surface area contributed by atoms with Gasteiger partial charge in [-0.25, -0.2) is 4.68 Å². The van der Waals surface area contributed by atoms with Crippen molar-refractivity contribution in [3.63, 3.8) is 0 Å². The van der Waals surface area contributed by atoms with Gasteiger partial charge in [-0.1, -0.05) is 24.4 Å². The fourth-order valence-electron chi connectivity index (χ4n) is 4.23. The Hall–Kier alpha value is -2.09. The summed E-state index contributed by atoms with van der Waals surface area (Å²) in [5, 5.41) is 8.20. The van der Waals surface area contributed by atoms with E-state index >= 15 is 0 Å². The number of halogens is 1. The van der Waals surface area contributed by atoms with Crippen LogP contribution >= 0.6 is 11.6 Å². The molecule has 0 unspecified atom stereocenters. The number of benzene rings is 1. The van der Waals surface area contributed by atoms with E-state index in [1.165, 1.54) is 12.8 Å². The molecule has 4 rings (SSSR count). The second-order valence-corrected chi connectivity index (χ2v) is 8.50. The number of anilines is 1. The number of carbonyl (C=O) groups is 1. The summed E-state index contributed by atoms with van der Waals surface area (Å²) in [4.78, 5) is 17.1. The minimum absolute atomic E-state index is 0.0364. The van der Waals surface area contributed by atoms with E-state index in [2.05, 4.69) is 20.2 Å². The van der Waals surface area contributed by atoms with Crippen LogP contribution in [0.25, 0.3) is 0 Å². The highest BCUT2D eigenvalue weighted by molar-refractivity contribution is 6.30. The average Bonchev–Trinajstić information content (AvgIpc) is 3.42. The Balaban J connectivity index is 1.15. The van der Waals surface area contributed by atoms with Crippen LogP contribution in [0.4, 0.5) is 5.82 Å². The molecule has 2 aliphatic rings. The molecular weight excluding hydrogens is 402 g/mol. The molecule has 1 amide bonds. The summed E-state index contributed by atoms with van der Waals surface area (Å²) in [5.74, 6) is 1.70. The molecule has 0 spiro atoms. The van der Waals surface area contributed by atoms with Crippen molar-refractivity contribution in [3.05, 3.63) is 41.6 Å². The Morgan fingerprint density at radius 2 is 1.77 bits per heavy atom. The van der Waals surface area contributed by atoms with Gasteiger partial charge in [0, 0.05) is 43.8 Å². The van der Waals surface area contributed by atoms with Crippen LogP contribution in [0.1, 0.15) is 31.7 Å². The van der Waals surface area contributed by atoms with Crippen molar-refractivity contribution in [3.8, 4) is 5.75 Å². The highest BCUT2D eigenvalue weighted by Gasteiger charge is 2.22. The molecule has 1 aromatic heterocycles. The van der Waals surface area contributed by atoms with Crippen molar-refractivity contribution in [1.82, 2.24) is 19.6 Å². The zero-order chi connectivity index (χ0) is 20.8. The second kappa shape index (κ2) is 10.3. The van der Waals surface area contributed by atoms with Crippen LogP contribution < -0.4 is 10.1 Å². The molecule has 2 aromatic rings. The highest BCUT2D eigenvalue weighted by atomic mass is 35.5. The van der Waals surface area contributed by atoms with Crippen LogP contribution in [0.5, 0.6) is 5.75 Å². The molecule has 0 radical (unpaired) electrons. The third kappa shape index (κ3) is 5.74. The molecule has 7 nitrogen and oxygen atoms in total. The Bertz CT molecular complexity index is 811. The van der Waals surface area contributed by atoms with Crippen molar-refractivity contribution < 1.29 is 9.53 Å². The number of piperazine rings is 1. The average molecular weight is 432 g/mol. The van der Waals surface area contributed by atoms with E-state index in [0.29, 0.717) is 24.2 Å². The van der Waals surface area contributed by atoms with E-state index in [-0.39, 0.29) is 5.91 Å². The number of nitrogens with one attached hydrogen (secondary N) is 1. The Morgan fingerprint density at radius 1 is 1.07 bits per heavy atom. The lowest BCUT2D eigenvalue weighted by Gasteiger charge is -2.34. The maximum absolute atomic E-state index is 12.5. The van der Waals surface area contributed by atoms with Gasteiger partial charge in [-0.2, -0.15) is 5.10 Å². The van der Waals surface area contributed by atoms with Gasteiger partial charge >= 0.3 is 0 Å². The maximum Gasteiger partial charge on any atom is 0.239 e. The fraction of sp³-hybridized carbons (Fsp3) is 0.545. The highest BCUT2D eigenvalue weighted by Crippen LogP contribution is 2.31. The molecule has 1 aliphatic carbocycles. The first-order valence-electron chi connectivity index (χ1n) is 10.8. The van der Waals surface area contributed by atoms with Crippen molar-refractivity contribution >= 4 is 23.3 Å². The zero-order valence-electron chi connectivity index (χ0n) is 17.3. The summed E-state index contributed by atoms with van der Waals surface area (Å²) in [7, 11) is 0. The molecule has 0 bridgehead atoms. The zero-order valence-corrected chi connectivity index (χ0v) is 18.1. The van der Waals surface area contributed by atoms with E-state index in [4.69, 9.17) is 16.3 Å². The van der Waals surface area contributed by atoms with Crippen molar-refractivity contribution in [2.24, 2.45) is 0 Å². The van der Waals surface area contributed by atoms with Gasteiger partial charge in [0.05, 0.1) is 18.8 Å². The van der Waals surface area contributed by atoms with E-state index in [0.717, 1.165) is 57.1 Å². The third-order valence-electron chi connectivity index (χ3n) is 5.93. The summed E-state index contributed by atoms with van der Waals surface area (Å²) in [6.45, 7) is 5.60. The van der Waals surface area contributed by atoms with Gasteiger partial charge in [-0.15, -0.1) is 0 Å². The van der Waals surface area contributed by atoms with Gasteiger partial charge in [0.2, 0.25) is 5.91 Å². The lowest BCUT2D eigenvalue weighted by atomic mass is 10.2. The lowest BCUT2D eigenvalue weighted by Crippen LogP contribution is -2.49. The van der Waals surface area contributed by atoms with E-state index in [1.54, 1.807) is 6.20 Å². The number of hydrogen-bond donors (Lipinski definition) is 1. The summed E-state index contributed by atoms with van der Waals surface area (Å²) in [5.41, 5.74) is 0. The summed E-state index contributed by atoms with van der Waals surface area (Å²) < 4.78 is 7.77. The number of ether oxygens (including phenoxy) is 1. The lowest BCUT2D eigenvalue weighted by molar-refractivity contribution is -0.117. The van der Waals surface area contributed by atoms with Crippen LogP contribution in [-0.4, -0.2) is 71.4 Å². The van der Waals surface area contributed by atoms with Crippen molar-refractivity contribution in [1.29, 1.82) is 0 Å². The number of carbonyl (C=O) groups excluding carboxylic acids is 1. The Morgan fingerprint density at radius 3 is 2.50 bits per heavy atom.